The van der Waals surface area contributed by atoms with Crippen molar-refractivity contribution in [2.45, 2.75) is 51.7 Å². The SMILES string of the molecule is CC(C)(C)OC(=O)N1CC2(C1)CC(C)(Oc1nc(Cl)cn3ncc(F)c13)C2. The zero-order valence-electron chi connectivity index (χ0n) is 15.8. The molecule has 0 radical (unpaired) electrons. The van der Waals surface area contributed by atoms with Crippen LogP contribution in [0.1, 0.15) is 40.5 Å². The van der Waals surface area contributed by atoms with E-state index in [0.29, 0.717) is 13.1 Å². The normalized spacial score (nSPS) is 20.3. The molecule has 1 spiro atoms. The van der Waals surface area contributed by atoms with Gasteiger partial charge in [-0.3, -0.25) is 0 Å². The van der Waals surface area contributed by atoms with Crippen LogP contribution in [0.25, 0.3) is 5.52 Å². The predicted octanol–water partition coefficient (Wildman–Crippen LogP) is 3.69. The Balaban J connectivity index is 1.41. The maximum absolute atomic E-state index is 14.0. The minimum absolute atomic E-state index is 0.0271. The number of nitrogens with zero attached hydrogens (tertiary/aromatic N) is 4. The molecule has 4 rings (SSSR count). The van der Waals surface area contributed by atoms with Gasteiger partial charge in [-0.15, -0.1) is 0 Å². The topological polar surface area (TPSA) is 69.0 Å². The van der Waals surface area contributed by atoms with Gasteiger partial charge in [0.1, 0.15) is 11.2 Å². The standard InChI is InChI=1S/C18H22ClFN4O3/c1-16(2,3)27-15(25)23-9-18(10-23)7-17(4,8-18)26-14-13-11(20)5-21-24(13)6-12(19)22-14/h5-6H,7-10H2,1-4H3. The maximum Gasteiger partial charge on any atom is 0.410 e. The lowest BCUT2D eigenvalue weighted by atomic mass is 9.56. The summed E-state index contributed by atoms with van der Waals surface area (Å²) in [6, 6.07) is 0. The molecule has 2 aromatic rings. The van der Waals surface area contributed by atoms with Crippen LogP contribution in [0, 0.1) is 11.2 Å². The number of carbonyl (C=O) groups excluding carboxylic acids is 1. The average Bonchev–Trinajstić information content (AvgIpc) is 2.81. The molecular formula is C18H22ClFN4O3. The molecule has 2 aliphatic rings. The summed E-state index contributed by atoms with van der Waals surface area (Å²) in [7, 11) is 0. The van der Waals surface area contributed by atoms with Crippen molar-refractivity contribution >= 4 is 23.2 Å². The highest BCUT2D eigenvalue weighted by molar-refractivity contribution is 6.29. The number of hydrogen-bond donors (Lipinski definition) is 0. The summed E-state index contributed by atoms with van der Waals surface area (Å²) >= 11 is 5.99. The smallest absolute Gasteiger partial charge is 0.410 e. The van der Waals surface area contributed by atoms with Crippen LogP contribution in [0.15, 0.2) is 12.4 Å². The monoisotopic (exact) mass is 396 g/mol. The van der Waals surface area contributed by atoms with Gasteiger partial charge in [0.05, 0.1) is 12.4 Å². The Bertz CT molecular complexity index is 909. The van der Waals surface area contributed by atoms with E-state index in [-0.39, 0.29) is 28.1 Å². The molecule has 9 heteroatoms. The summed E-state index contributed by atoms with van der Waals surface area (Å²) in [6.45, 7) is 8.79. The van der Waals surface area contributed by atoms with Crippen molar-refractivity contribution < 1.29 is 18.7 Å². The van der Waals surface area contributed by atoms with Gasteiger partial charge in [-0.2, -0.15) is 10.1 Å². The quantitative estimate of drug-likeness (QED) is 0.774. The van der Waals surface area contributed by atoms with Crippen molar-refractivity contribution in [1.82, 2.24) is 19.5 Å². The second-order valence-electron chi connectivity index (χ2n) is 8.90. The summed E-state index contributed by atoms with van der Waals surface area (Å²) in [4.78, 5) is 17.9. The molecule has 2 fully saturated rings. The van der Waals surface area contributed by atoms with Gasteiger partial charge in [0, 0.05) is 18.5 Å². The third-order valence-electron chi connectivity index (χ3n) is 4.94. The largest absolute Gasteiger partial charge is 0.470 e. The Kier molecular flexibility index (Phi) is 3.86. The first-order valence-electron chi connectivity index (χ1n) is 8.84. The highest BCUT2D eigenvalue weighted by Gasteiger charge is 2.61. The molecule has 1 saturated carbocycles. The van der Waals surface area contributed by atoms with E-state index in [4.69, 9.17) is 21.1 Å². The molecule has 7 nitrogen and oxygen atoms in total. The van der Waals surface area contributed by atoms with E-state index >= 15 is 0 Å². The lowest BCUT2D eigenvalue weighted by Gasteiger charge is -2.62. The van der Waals surface area contributed by atoms with Crippen LogP contribution < -0.4 is 4.74 Å². The van der Waals surface area contributed by atoms with Crippen molar-refractivity contribution in [2.75, 3.05) is 13.1 Å². The van der Waals surface area contributed by atoms with Gasteiger partial charge in [-0.25, -0.2) is 13.7 Å². The van der Waals surface area contributed by atoms with Crippen molar-refractivity contribution in [3.8, 4) is 5.88 Å². The number of halogens is 2. The fourth-order valence-electron chi connectivity index (χ4n) is 4.27. The minimum Gasteiger partial charge on any atom is -0.470 e. The second-order valence-corrected chi connectivity index (χ2v) is 9.28. The highest BCUT2D eigenvalue weighted by Crippen LogP contribution is 2.55. The molecule has 1 saturated heterocycles. The van der Waals surface area contributed by atoms with E-state index in [9.17, 15) is 9.18 Å². The number of amides is 1. The van der Waals surface area contributed by atoms with E-state index in [0.717, 1.165) is 19.0 Å². The molecule has 1 aliphatic heterocycles. The molecule has 0 unspecified atom stereocenters. The van der Waals surface area contributed by atoms with Crippen molar-refractivity contribution in [1.29, 1.82) is 0 Å². The molecule has 0 aromatic carbocycles. The third kappa shape index (κ3) is 3.31. The van der Waals surface area contributed by atoms with Gasteiger partial charge in [0.15, 0.2) is 16.5 Å². The number of rotatable bonds is 2. The Morgan fingerprint density at radius 2 is 2.00 bits per heavy atom. The Labute approximate surface area is 161 Å². The summed E-state index contributed by atoms with van der Waals surface area (Å²) in [5.74, 6) is -0.371. The minimum atomic E-state index is -0.508. The van der Waals surface area contributed by atoms with Gasteiger partial charge < -0.3 is 14.4 Å². The van der Waals surface area contributed by atoms with Crippen LogP contribution in [0.3, 0.4) is 0 Å². The Morgan fingerprint density at radius 1 is 1.33 bits per heavy atom. The van der Waals surface area contributed by atoms with Crippen LogP contribution >= 0.6 is 11.6 Å². The summed E-state index contributed by atoms with van der Waals surface area (Å²) in [6.07, 6.45) is 3.74. The first kappa shape index (κ1) is 18.3. The van der Waals surface area contributed by atoms with Gasteiger partial charge in [0.25, 0.3) is 0 Å². The van der Waals surface area contributed by atoms with Crippen LogP contribution in [-0.4, -0.2) is 49.9 Å². The lowest BCUT2D eigenvalue weighted by molar-refractivity contribution is -0.164. The summed E-state index contributed by atoms with van der Waals surface area (Å²) in [5, 5.41) is 4.09. The molecule has 1 amide bonds. The van der Waals surface area contributed by atoms with Gasteiger partial charge >= 0.3 is 6.09 Å². The zero-order valence-corrected chi connectivity index (χ0v) is 16.5. The fourth-order valence-corrected chi connectivity index (χ4v) is 4.44. The first-order chi connectivity index (χ1) is 12.5. The van der Waals surface area contributed by atoms with Crippen LogP contribution in [0.2, 0.25) is 5.15 Å². The highest BCUT2D eigenvalue weighted by atomic mass is 35.5. The van der Waals surface area contributed by atoms with Crippen molar-refractivity contribution in [2.24, 2.45) is 5.41 Å². The molecule has 2 aromatic heterocycles. The average molecular weight is 397 g/mol. The molecular weight excluding hydrogens is 375 g/mol. The van der Waals surface area contributed by atoms with E-state index in [1.807, 2.05) is 27.7 Å². The molecule has 27 heavy (non-hydrogen) atoms. The van der Waals surface area contributed by atoms with Crippen molar-refractivity contribution in [3.63, 3.8) is 0 Å². The van der Waals surface area contributed by atoms with Crippen LogP contribution in [-0.2, 0) is 4.74 Å². The Hall–Kier alpha value is -2.09. The van der Waals surface area contributed by atoms with E-state index in [2.05, 4.69) is 10.1 Å². The fraction of sp³-hybridized carbons (Fsp3) is 0.611. The number of carbonyl (C=O) groups is 1. The number of hydrogen-bond acceptors (Lipinski definition) is 5. The molecule has 1 aliphatic carbocycles. The number of aromatic nitrogens is 3. The third-order valence-corrected chi connectivity index (χ3v) is 5.12. The number of ether oxygens (including phenoxy) is 2. The van der Waals surface area contributed by atoms with Crippen molar-refractivity contribution in [3.05, 3.63) is 23.4 Å². The van der Waals surface area contributed by atoms with E-state index in [1.54, 1.807) is 4.90 Å². The first-order valence-corrected chi connectivity index (χ1v) is 9.22. The second kappa shape index (κ2) is 5.70. The maximum atomic E-state index is 14.0. The molecule has 3 heterocycles. The van der Waals surface area contributed by atoms with E-state index in [1.165, 1.54) is 10.7 Å². The zero-order chi connectivity index (χ0) is 19.6. The molecule has 146 valence electrons. The summed E-state index contributed by atoms with van der Waals surface area (Å²) in [5.41, 5.74) is -0.796. The van der Waals surface area contributed by atoms with Gasteiger partial charge in [-0.05, 0) is 40.5 Å². The van der Waals surface area contributed by atoms with Gasteiger partial charge in [-0.1, -0.05) is 11.6 Å². The lowest BCUT2D eigenvalue weighted by Crippen LogP contribution is -2.69. The molecule has 0 N–H and O–H groups in total. The van der Waals surface area contributed by atoms with E-state index < -0.39 is 17.0 Å². The molecule has 0 atom stereocenters. The van der Waals surface area contributed by atoms with Gasteiger partial charge in [0.2, 0.25) is 5.88 Å². The number of fused-ring (bicyclic) bond motifs is 1. The van der Waals surface area contributed by atoms with Crippen LogP contribution in [0.4, 0.5) is 9.18 Å². The Morgan fingerprint density at radius 3 is 2.63 bits per heavy atom. The number of likely N-dealkylation sites (tertiary alicyclic amines) is 1. The van der Waals surface area contributed by atoms with Crippen LogP contribution in [0.5, 0.6) is 5.88 Å². The summed E-state index contributed by atoms with van der Waals surface area (Å²) < 4.78 is 26.8. The molecule has 0 bridgehead atoms. The predicted molar refractivity (Wildman–Crippen MR) is 96.5 cm³/mol.